The molecule has 1 aliphatic rings. The molecule has 2 aromatic rings. The minimum Gasteiger partial charge on any atom is -0.493 e. The summed E-state index contributed by atoms with van der Waals surface area (Å²) in [5, 5.41) is 3.29. The first kappa shape index (κ1) is 9.59. The van der Waals surface area contributed by atoms with Crippen LogP contribution in [0.5, 0.6) is 5.75 Å². The van der Waals surface area contributed by atoms with E-state index < -0.39 is 0 Å². The SMILES string of the molecule is COc1ccnc2nc(C3CCNC3)oc12. The van der Waals surface area contributed by atoms with Crippen LogP contribution in [-0.2, 0) is 0 Å². The monoisotopic (exact) mass is 219 g/mol. The van der Waals surface area contributed by atoms with Crippen LogP contribution in [0.2, 0.25) is 0 Å². The first-order valence-electron chi connectivity index (χ1n) is 5.38. The van der Waals surface area contributed by atoms with E-state index in [1.54, 1.807) is 19.4 Å². The zero-order chi connectivity index (χ0) is 11.0. The fraction of sp³-hybridized carbons (Fsp3) is 0.455. The lowest BCUT2D eigenvalue weighted by atomic mass is 10.1. The van der Waals surface area contributed by atoms with Gasteiger partial charge in [-0.05, 0) is 13.0 Å². The molecule has 1 N–H and O–H groups in total. The number of ether oxygens (including phenoxy) is 1. The van der Waals surface area contributed by atoms with Crippen LogP contribution in [0.15, 0.2) is 16.7 Å². The summed E-state index contributed by atoms with van der Waals surface area (Å²) in [6, 6.07) is 1.78. The Balaban J connectivity index is 2.07. The van der Waals surface area contributed by atoms with Crippen molar-refractivity contribution in [2.24, 2.45) is 0 Å². The molecule has 5 nitrogen and oxygen atoms in total. The fourth-order valence-electron chi connectivity index (χ4n) is 2.03. The number of pyridine rings is 1. The predicted octanol–water partition coefficient (Wildman–Crippen LogP) is 1.31. The van der Waals surface area contributed by atoms with Crippen molar-refractivity contribution in [2.45, 2.75) is 12.3 Å². The number of nitrogens with one attached hydrogen (secondary N) is 1. The largest absolute Gasteiger partial charge is 0.493 e. The fourth-order valence-corrected chi connectivity index (χ4v) is 2.03. The van der Waals surface area contributed by atoms with E-state index in [4.69, 9.17) is 9.15 Å². The molecule has 0 spiro atoms. The van der Waals surface area contributed by atoms with Crippen molar-refractivity contribution in [3.05, 3.63) is 18.2 Å². The van der Waals surface area contributed by atoms with Crippen LogP contribution in [0, 0.1) is 0 Å². The van der Waals surface area contributed by atoms with Crippen molar-refractivity contribution in [1.29, 1.82) is 0 Å². The van der Waals surface area contributed by atoms with Crippen LogP contribution in [0.1, 0.15) is 18.2 Å². The van der Waals surface area contributed by atoms with Crippen molar-refractivity contribution < 1.29 is 9.15 Å². The predicted molar refractivity (Wildman–Crippen MR) is 58.6 cm³/mol. The van der Waals surface area contributed by atoms with Gasteiger partial charge in [0.05, 0.1) is 7.11 Å². The molecule has 2 aromatic heterocycles. The Bertz CT molecular complexity index is 503. The maximum atomic E-state index is 5.74. The lowest BCUT2D eigenvalue weighted by molar-refractivity contribution is 0.403. The van der Waals surface area contributed by atoms with Gasteiger partial charge in [0.25, 0.3) is 0 Å². The van der Waals surface area contributed by atoms with E-state index in [-0.39, 0.29) is 0 Å². The smallest absolute Gasteiger partial charge is 0.215 e. The van der Waals surface area contributed by atoms with E-state index >= 15 is 0 Å². The van der Waals surface area contributed by atoms with Crippen molar-refractivity contribution >= 4 is 11.2 Å². The average molecular weight is 219 g/mol. The van der Waals surface area contributed by atoms with Crippen LogP contribution in [0.25, 0.3) is 11.2 Å². The maximum Gasteiger partial charge on any atom is 0.215 e. The van der Waals surface area contributed by atoms with Crippen LogP contribution in [0.4, 0.5) is 0 Å². The molecule has 3 heterocycles. The molecule has 0 bridgehead atoms. The summed E-state index contributed by atoms with van der Waals surface area (Å²) >= 11 is 0. The van der Waals surface area contributed by atoms with Gasteiger partial charge in [0.2, 0.25) is 17.1 Å². The van der Waals surface area contributed by atoms with Crippen LogP contribution < -0.4 is 10.1 Å². The average Bonchev–Trinajstić information content (AvgIpc) is 2.96. The Labute approximate surface area is 92.8 Å². The van der Waals surface area contributed by atoms with Crippen molar-refractivity contribution in [3.8, 4) is 5.75 Å². The van der Waals surface area contributed by atoms with E-state index in [0.29, 0.717) is 22.9 Å². The highest BCUT2D eigenvalue weighted by Crippen LogP contribution is 2.29. The summed E-state index contributed by atoms with van der Waals surface area (Å²) < 4.78 is 10.9. The normalized spacial score (nSPS) is 20.4. The number of aromatic nitrogens is 2. The van der Waals surface area contributed by atoms with Crippen molar-refractivity contribution in [3.63, 3.8) is 0 Å². The first-order valence-corrected chi connectivity index (χ1v) is 5.38. The maximum absolute atomic E-state index is 5.74. The van der Waals surface area contributed by atoms with Gasteiger partial charge in [-0.15, -0.1) is 0 Å². The third-order valence-electron chi connectivity index (χ3n) is 2.90. The molecule has 3 rings (SSSR count). The summed E-state index contributed by atoms with van der Waals surface area (Å²) in [5.74, 6) is 1.81. The number of hydrogen-bond donors (Lipinski definition) is 1. The van der Waals surface area contributed by atoms with Crippen LogP contribution in [0.3, 0.4) is 0 Å². The Morgan fingerprint density at radius 2 is 2.50 bits per heavy atom. The molecule has 5 heteroatoms. The molecular formula is C11H13N3O2. The van der Waals surface area contributed by atoms with Crippen molar-refractivity contribution in [2.75, 3.05) is 20.2 Å². The summed E-state index contributed by atoms with van der Waals surface area (Å²) in [6.45, 7) is 1.95. The molecule has 84 valence electrons. The Morgan fingerprint density at radius 3 is 3.25 bits per heavy atom. The van der Waals surface area contributed by atoms with E-state index in [9.17, 15) is 0 Å². The number of rotatable bonds is 2. The van der Waals surface area contributed by atoms with Gasteiger partial charge in [-0.2, -0.15) is 4.98 Å². The van der Waals surface area contributed by atoms with Gasteiger partial charge in [-0.1, -0.05) is 0 Å². The zero-order valence-corrected chi connectivity index (χ0v) is 9.06. The summed E-state index contributed by atoms with van der Waals surface area (Å²) in [7, 11) is 1.62. The Morgan fingerprint density at radius 1 is 1.56 bits per heavy atom. The number of methoxy groups -OCH3 is 1. The van der Waals surface area contributed by atoms with Gasteiger partial charge in [-0.3, -0.25) is 0 Å². The van der Waals surface area contributed by atoms with E-state index in [1.807, 2.05) is 0 Å². The van der Waals surface area contributed by atoms with E-state index in [0.717, 1.165) is 25.4 Å². The minimum atomic E-state index is 0.360. The molecule has 0 aliphatic carbocycles. The topological polar surface area (TPSA) is 60.2 Å². The lowest BCUT2D eigenvalue weighted by Gasteiger charge is -2.00. The minimum absolute atomic E-state index is 0.360. The molecular weight excluding hydrogens is 206 g/mol. The second-order valence-corrected chi connectivity index (χ2v) is 3.91. The summed E-state index contributed by atoms with van der Waals surface area (Å²) in [5.41, 5.74) is 1.27. The second kappa shape index (κ2) is 3.75. The number of oxazole rings is 1. The molecule has 0 amide bonds. The number of nitrogens with zero attached hydrogens (tertiary/aromatic N) is 2. The van der Waals surface area contributed by atoms with Gasteiger partial charge >= 0.3 is 0 Å². The Kier molecular flexibility index (Phi) is 2.25. The molecule has 1 unspecified atom stereocenters. The van der Waals surface area contributed by atoms with Gasteiger partial charge in [0.1, 0.15) is 0 Å². The van der Waals surface area contributed by atoms with Crippen LogP contribution >= 0.6 is 0 Å². The third kappa shape index (κ3) is 1.44. The van der Waals surface area contributed by atoms with E-state index in [1.165, 1.54) is 0 Å². The first-order chi connectivity index (χ1) is 7.88. The van der Waals surface area contributed by atoms with Gasteiger partial charge in [0, 0.05) is 24.7 Å². The molecule has 0 radical (unpaired) electrons. The van der Waals surface area contributed by atoms with Crippen molar-refractivity contribution in [1.82, 2.24) is 15.3 Å². The van der Waals surface area contributed by atoms with E-state index in [2.05, 4.69) is 15.3 Å². The van der Waals surface area contributed by atoms with Gasteiger partial charge in [0.15, 0.2) is 5.75 Å². The molecule has 1 fully saturated rings. The highest BCUT2D eigenvalue weighted by molar-refractivity contribution is 5.75. The lowest BCUT2D eigenvalue weighted by Crippen LogP contribution is -2.07. The molecule has 1 atom stereocenters. The van der Waals surface area contributed by atoms with Gasteiger partial charge < -0.3 is 14.5 Å². The number of hydrogen-bond acceptors (Lipinski definition) is 5. The van der Waals surface area contributed by atoms with Crippen LogP contribution in [-0.4, -0.2) is 30.2 Å². The highest BCUT2D eigenvalue weighted by atomic mass is 16.5. The zero-order valence-electron chi connectivity index (χ0n) is 9.06. The third-order valence-corrected chi connectivity index (χ3v) is 2.90. The molecule has 16 heavy (non-hydrogen) atoms. The molecule has 0 saturated carbocycles. The van der Waals surface area contributed by atoms with Gasteiger partial charge in [-0.25, -0.2) is 4.98 Å². The Hall–Kier alpha value is -1.62. The quantitative estimate of drug-likeness (QED) is 0.825. The summed E-state index contributed by atoms with van der Waals surface area (Å²) in [6.07, 6.45) is 2.75. The molecule has 0 aromatic carbocycles. The molecule has 1 saturated heterocycles. The molecule has 1 aliphatic heterocycles. The standard InChI is InChI=1S/C11H13N3O2/c1-15-8-3-5-13-10-9(8)16-11(14-10)7-2-4-12-6-7/h3,5,7,12H,2,4,6H2,1H3. The summed E-state index contributed by atoms with van der Waals surface area (Å²) in [4.78, 5) is 8.58. The second-order valence-electron chi connectivity index (χ2n) is 3.91. The number of fused-ring (bicyclic) bond motifs is 1. The highest BCUT2D eigenvalue weighted by Gasteiger charge is 2.23.